The number of halogens is 1. The van der Waals surface area contributed by atoms with E-state index in [0.717, 1.165) is 5.56 Å². The molecule has 0 bridgehead atoms. The molecule has 1 aromatic carbocycles. The summed E-state index contributed by atoms with van der Waals surface area (Å²) < 4.78 is 26.8. The quantitative estimate of drug-likeness (QED) is 0.843. The fourth-order valence-corrected chi connectivity index (χ4v) is 4.29. The van der Waals surface area contributed by atoms with Crippen molar-refractivity contribution in [1.29, 1.82) is 0 Å². The topological polar surface area (TPSA) is 66.5 Å². The van der Waals surface area contributed by atoms with Crippen LogP contribution in [0.15, 0.2) is 35.7 Å². The van der Waals surface area contributed by atoms with Gasteiger partial charge in [-0.2, -0.15) is 4.31 Å². The molecule has 0 atom stereocenters. The molecule has 2 rings (SSSR count). The number of carbonyl (C=O) groups excluding carboxylic acids is 1. The molecular formula is C16H21ClN2O3S. The summed E-state index contributed by atoms with van der Waals surface area (Å²) in [5.74, 6) is -0.242. The van der Waals surface area contributed by atoms with Crippen molar-refractivity contribution in [2.24, 2.45) is 0 Å². The lowest BCUT2D eigenvalue weighted by Gasteiger charge is -2.39. The van der Waals surface area contributed by atoms with E-state index < -0.39 is 15.6 Å². The van der Waals surface area contributed by atoms with Crippen LogP contribution in [-0.2, 0) is 14.8 Å². The minimum absolute atomic E-state index is 0.201. The van der Waals surface area contributed by atoms with Gasteiger partial charge in [0.25, 0.3) is 0 Å². The Morgan fingerprint density at radius 1 is 1.39 bits per heavy atom. The van der Waals surface area contributed by atoms with Gasteiger partial charge in [0.2, 0.25) is 15.9 Å². The van der Waals surface area contributed by atoms with Gasteiger partial charge >= 0.3 is 0 Å². The van der Waals surface area contributed by atoms with Crippen LogP contribution in [0.4, 0.5) is 0 Å². The summed E-state index contributed by atoms with van der Waals surface area (Å²) in [6.45, 7) is 7.88. The Labute approximate surface area is 142 Å². The molecule has 126 valence electrons. The number of sulfonamides is 1. The van der Waals surface area contributed by atoms with E-state index in [1.807, 2.05) is 13.8 Å². The van der Waals surface area contributed by atoms with Gasteiger partial charge in [-0.15, -0.1) is 0 Å². The fourth-order valence-electron chi connectivity index (χ4n) is 2.58. The molecule has 0 radical (unpaired) electrons. The summed E-state index contributed by atoms with van der Waals surface area (Å²) in [6, 6.07) is 4.76. The van der Waals surface area contributed by atoms with Crippen LogP contribution in [0.2, 0.25) is 5.02 Å². The van der Waals surface area contributed by atoms with E-state index in [9.17, 15) is 13.2 Å². The first-order valence-corrected chi connectivity index (χ1v) is 9.21. The zero-order valence-corrected chi connectivity index (χ0v) is 14.9. The van der Waals surface area contributed by atoms with E-state index in [-0.39, 0.29) is 10.8 Å². The van der Waals surface area contributed by atoms with Gasteiger partial charge in [-0.05, 0) is 50.5 Å². The number of aryl methyl sites for hydroxylation is 1. The van der Waals surface area contributed by atoms with Crippen LogP contribution in [0.3, 0.4) is 0 Å². The number of carbonyl (C=O) groups is 1. The van der Waals surface area contributed by atoms with Crippen LogP contribution in [0.5, 0.6) is 0 Å². The lowest BCUT2D eigenvalue weighted by molar-refractivity contribution is -0.118. The molecule has 0 unspecified atom stereocenters. The van der Waals surface area contributed by atoms with Crippen molar-refractivity contribution in [3.8, 4) is 0 Å². The summed E-state index contributed by atoms with van der Waals surface area (Å²) in [5.41, 5.74) is 0.423. The van der Waals surface area contributed by atoms with Crippen molar-refractivity contribution < 1.29 is 13.2 Å². The van der Waals surface area contributed by atoms with E-state index in [2.05, 4.69) is 11.9 Å². The number of amides is 1. The molecule has 0 saturated carbocycles. The van der Waals surface area contributed by atoms with E-state index in [0.29, 0.717) is 31.0 Å². The molecule has 23 heavy (non-hydrogen) atoms. The Balaban J connectivity index is 2.13. The van der Waals surface area contributed by atoms with Crippen molar-refractivity contribution in [2.75, 3.05) is 13.1 Å². The van der Waals surface area contributed by atoms with E-state index >= 15 is 0 Å². The lowest BCUT2D eigenvalue weighted by atomic mass is 9.90. The highest BCUT2D eigenvalue weighted by Crippen LogP contribution is 2.28. The van der Waals surface area contributed by atoms with Crippen molar-refractivity contribution >= 4 is 27.5 Å². The predicted octanol–water partition coefficient (Wildman–Crippen LogP) is 2.49. The van der Waals surface area contributed by atoms with Crippen LogP contribution < -0.4 is 5.32 Å². The SMILES string of the molecule is C=CC(=O)NC1(C)CCN(S(=O)(=O)c2ccc(C)c(Cl)c2)CC1. The molecular weight excluding hydrogens is 336 g/mol. The highest BCUT2D eigenvalue weighted by atomic mass is 35.5. The number of hydrogen-bond acceptors (Lipinski definition) is 3. The number of hydrogen-bond donors (Lipinski definition) is 1. The van der Waals surface area contributed by atoms with Crippen LogP contribution in [0.1, 0.15) is 25.3 Å². The molecule has 1 aliphatic rings. The highest BCUT2D eigenvalue weighted by Gasteiger charge is 2.36. The summed E-state index contributed by atoms with van der Waals surface area (Å²) >= 11 is 6.04. The zero-order chi connectivity index (χ0) is 17.3. The largest absolute Gasteiger partial charge is 0.347 e. The Morgan fingerprint density at radius 2 is 2.00 bits per heavy atom. The van der Waals surface area contributed by atoms with Gasteiger partial charge in [0.05, 0.1) is 4.90 Å². The minimum atomic E-state index is -3.57. The predicted molar refractivity (Wildman–Crippen MR) is 90.9 cm³/mol. The number of piperidine rings is 1. The zero-order valence-electron chi connectivity index (χ0n) is 13.3. The highest BCUT2D eigenvalue weighted by molar-refractivity contribution is 7.89. The number of benzene rings is 1. The van der Waals surface area contributed by atoms with Crippen LogP contribution in [-0.4, -0.2) is 37.3 Å². The molecule has 1 aromatic rings. The first-order chi connectivity index (χ1) is 10.7. The minimum Gasteiger partial charge on any atom is -0.347 e. The number of rotatable bonds is 4. The monoisotopic (exact) mass is 356 g/mol. The molecule has 1 saturated heterocycles. The third-order valence-corrected chi connectivity index (χ3v) is 6.52. The molecule has 1 heterocycles. The summed E-state index contributed by atoms with van der Waals surface area (Å²) in [7, 11) is -3.57. The average Bonchev–Trinajstić information content (AvgIpc) is 2.49. The van der Waals surface area contributed by atoms with Gasteiger partial charge in [-0.1, -0.05) is 24.2 Å². The van der Waals surface area contributed by atoms with Crippen molar-refractivity contribution in [1.82, 2.24) is 9.62 Å². The number of nitrogens with one attached hydrogen (secondary N) is 1. The normalized spacial score (nSPS) is 18.4. The molecule has 7 heteroatoms. The molecule has 1 fully saturated rings. The second-order valence-corrected chi connectivity index (χ2v) is 8.41. The van der Waals surface area contributed by atoms with Gasteiger partial charge in [0.1, 0.15) is 0 Å². The maximum Gasteiger partial charge on any atom is 0.243 e. The summed E-state index contributed by atoms with van der Waals surface area (Å²) in [6.07, 6.45) is 2.32. The van der Waals surface area contributed by atoms with Crippen molar-refractivity contribution in [3.05, 3.63) is 41.4 Å². The lowest BCUT2D eigenvalue weighted by Crippen LogP contribution is -2.53. The molecule has 0 aromatic heterocycles. The average molecular weight is 357 g/mol. The second kappa shape index (κ2) is 6.63. The molecule has 1 amide bonds. The van der Waals surface area contributed by atoms with Crippen LogP contribution in [0, 0.1) is 6.92 Å². The molecule has 1 N–H and O–H groups in total. The molecule has 1 aliphatic heterocycles. The van der Waals surface area contributed by atoms with Crippen molar-refractivity contribution in [3.63, 3.8) is 0 Å². The standard InChI is InChI=1S/C16H21ClN2O3S/c1-4-15(20)18-16(3)7-9-19(10-8-16)23(21,22)13-6-5-12(2)14(17)11-13/h4-6,11H,1,7-10H2,2-3H3,(H,18,20). The Bertz CT molecular complexity index is 723. The van der Waals surface area contributed by atoms with Crippen LogP contribution in [0.25, 0.3) is 0 Å². The molecule has 0 aliphatic carbocycles. The van der Waals surface area contributed by atoms with Crippen LogP contribution >= 0.6 is 11.6 Å². The van der Waals surface area contributed by atoms with Gasteiger partial charge in [-0.25, -0.2) is 8.42 Å². The van der Waals surface area contributed by atoms with E-state index in [4.69, 9.17) is 11.6 Å². The van der Waals surface area contributed by atoms with Gasteiger partial charge < -0.3 is 5.32 Å². The third kappa shape index (κ3) is 3.94. The van der Waals surface area contributed by atoms with Gasteiger partial charge in [-0.3, -0.25) is 4.79 Å². The number of nitrogens with zero attached hydrogens (tertiary/aromatic N) is 1. The Kier molecular flexibility index (Phi) is 5.18. The van der Waals surface area contributed by atoms with E-state index in [1.54, 1.807) is 12.1 Å². The Morgan fingerprint density at radius 3 is 2.52 bits per heavy atom. The smallest absolute Gasteiger partial charge is 0.243 e. The summed E-state index contributed by atoms with van der Waals surface area (Å²) in [4.78, 5) is 11.7. The first-order valence-electron chi connectivity index (χ1n) is 7.39. The van der Waals surface area contributed by atoms with Gasteiger partial charge in [0.15, 0.2) is 0 Å². The molecule has 5 nitrogen and oxygen atoms in total. The van der Waals surface area contributed by atoms with Crippen molar-refractivity contribution in [2.45, 2.75) is 37.1 Å². The van der Waals surface area contributed by atoms with E-state index in [1.165, 1.54) is 16.4 Å². The van der Waals surface area contributed by atoms with Gasteiger partial charge in [0, 0.05) is 23.7 Å². The fraction of sp³-hybridized carbons (Fsp3) is 0.438. The Hall–Kier alpha value is -1.37. The maximum absolute atomic E-state index is 12.7. The first kappa shape index (κ1) is 18.0. The maximum atomic E-state index is 12.7. The third-order valence-electron chi connectivity index (χ3n) is 4.22. The molecule has 0 spiro atoms. The second-order valence-electron chi connectivity index (χ2n) is 6.07. The summed E-state index contributed by atoms with van der Waals surface area (Å²) in [5, 5.41) is 3.31.